The predicted octanol–water partition coefficient (Wildman–Crippen LogP) is 3.96. The fraction of sp³-hybridized carbons (Fsp3) is 0.548. The first-order chi connectivity index (χ1) is 19.5. The molecule has 4 heterocycles. The number of morpholine rings is 1. The number of ether oxygens (including phenoxy) is 1. The van der Waals surface area contributed by atoms with Crippen LogP contribution in [0.5, 0.6) is 0 Å². The number of rotatable bonds is 8. The number of nitriles is 1. The zero-order chi connectivity index (χ0) is 28.2. The lowest BCUT2D eigenvalue weighted by molar-refractivity contribution is 0.0342. The van der Waals surface area contributed by atoms with Crippen LogP contribution in [-0.4, -0.2) is 75.8 Å². The van der Waals surface area contributed by atoms with E-state index in [1.165, 1.54) is 11.1 Å². The van der Waals surface area contributed by atoms with E-state index in [2.05, 4.69) is 75.8 Å². The molecule has 2 aromatic heterocycles. The van der Waals surface area contributed by atoms with Gasteiger partial charge in [0.25, 0.3) is 0 Å². The molecule has 2 aliphatic heterocycles. The summed E-state index contributed by atoms with van der Waals surface area (Å²) in [5.41, 5.74) is 4.10. The number of aryl methyl sites for hydroxylation is 1. The Bertz CT molecular complexity index is 1410. The van der Waals surface area contributed by atoms with Gasteiger partial charge in [0, 0.05) is 57.4 Å². The number of anilines is 1. The van der Waals surface area contributed by atoms with E-state index in [1.54, 1.807) is 10.6 Å². The summed E-state index contributed by atoms with van der Waals surface area (Å²) in [5, 5.41) is 9.52. The molecule has 0 spiro atoms. The third kappa shape index (κ3) is 5.62. The second-order valence-corrected chi connectivity index (χ2v) is 11.0. The zero-order valence-electron chi connectivity index (χ0n) is 24.2. The van der Waals surface area contributed by atoms with E-state index in [9.17, 15) is 10.1 Å². The quantitative estimate of drug-likeness (QED) is 0.422. The van der Waals surface area contributed by atoms with Crippen LogP contribution < -0.4 is 10.6 Å². The molecular formula is C31H41N7O2. The number of piperazine rings is 1. The Balaban J connectivity index is 1.40. The summed E-state index contributed by atoms with van der Waals surface area (Å²) in [4.78, 5) is 29.5. The second-order valence-electron chi connectivity index (χ2n) is 11.0. The SMILES string of the molecule is CCC(c1ccc(CN2CCOCC2)cc1)N1C[C@H](CC)N(c2nc(=O)n(CC)c3ccc(C#N)nc23)C[C@H]1C. The molecule has 2 aliphatic rings. The summed E-state index contributed by atoms with van der Waals surface area (Å²) in [6, 6.07) is 15.5. The molecule has 0 aliphatic carbocycles. The molecule has 9 nitrogen and oxygen atoms in total. The van der Waals surface area contributed by atoms with Gasteiger partial charge in [-0.3, -0.25) is 14.4 Å². The van der Waals surface area contributed by atoms with E-state index in [0.29, 0.717) is 29.6 Å². The van der Waals surface area contributed by atoms with E-state index < -0.39 is 0 Å². The van der Waals surface area contributed by atoms with Gasteiger partial charge in [-0.15, -0.1) is 0 Å². The Morgan fingerprint density at radius 3 is 2.45 bits per heavy atom. The minimum absolute atomic E-state index is 0.172. The number of nitrogens with zero attached hydrogens (tertiary/aromatic N) is 7. The average Bonchev–Trinajstić information content (AvgIpc) is 2.99. The average molecular weight is 544 g/mol. The van der Waals surface area contributed by atoms with E-state index in [1.807, 2.05) is 13.0 Å². The van der Waals surface area contributed by atoms with Crippen molar-refractivity contribution in [3.63, 3.8) is 0 Å². The fourth-order valence-corrected chi connectivity index (χ4v) is 6.34. The van der Waals surface area contributed by atoms with Crippen molar-refractivity contribution in [3.05, 3.63) is 63.7 Å². The lowest BCUT2D eigenvalue weighted by Crippen LogP contribution is -2.58. The Labute approximate surface area is 237 Å². The van der Waals surface area contributed by atoms with Gasteiger partial charge >= 0.3 is 5.69 Å². The molecule has 0 N–H and O–H groups in total. The first-order valence-electron chi connectivity index (χ1n) is 14.7. The molecule has 3 atom stereocenters. The third-order valence-corrected chi connectivity index (χ3v) is 8.53. The molecule has 9 heteroatoms. The first-order valence-corrected chi connectivity index (χ1v) is 14.7. The predicted molar refractivity (Wildman–Crippen MR) is 157 cm³/mol. The molecule has 0 bridgehead atoms. The van der Waals surface area contributed by atoms with Crippen LogP contribution in [0.4, 0.5) is 5.82 Å². The number of hydrogen-bond acceptors (Lipinski definition) is 8. The topological polar surface area (TPSA) is 90.5 Å². The molecule has 1 aromatic carbocycles. The highest BCUT2D eigenvalue weighted by atomic mass is 16.5. The standard InChI is InChI=1S/C31H41N7O2/c1-5-26-21-37(27(6-2)24-10-8-23(9-11-24)20-35-14-16-40-17-15-35)22(4)19-38(26)30-29-28(13-12-25(18-32)33-29)36(7-3)31(39)34-30/h8-13,22,26-27H,5-7,14-17,19-21H2,1-4H3/t22-,26+,27?/m1/s1. The summed E-state index contributed by atoms with van der Waals surface area (Å²) >= 11 is 0. The van der Waals surface area contributed by atoms with Crippen LogP contribution in [0.1, 0.15) is 63.4 Å². The highest BCUT2D eigenvalue weighted by Crippen LogP contribution is 2.34. The fourth-order valence-electron chi connectivity index (χ4n) is 6.34. The summed E-state index contributed by atoms with van der Waals surface area (Å²) in [7, 11) is 0. The number of benzene rings is 1. The Morgan fingerprint density at radius 1 is 1.05 bits per heavy atom. The lowest BCUT2D eigenvalue weighted by Gasteiger charge is -2.48. The molecule has 5 rings (SSSR count). The minimum Gasteiger partial charge on any atom is -0.379 e. The molecule has 1 unspecified atom stereocenters. The van der Waals surface area contributed by atoms with Crippen molar-refractivity contribution in [2.75, 3.05) is 44.3 Å². The van der Waals surface area contributed by atoms with Crippen LogP contribution >= 0.6 is 0 Å². The van der Waals surface area contributed by atoms with Crippen molar-refractivity contribution in [2.24, 2.45) is 0 Å². The first kappa shape index (κ1) is 28.2. The highest BCUT2D eigenvalue weighted by molar-refractivity contribution is 5.86. The maximum absolute atomic E-state index is 13.0. The smallest absolute Gasteiger partial charge is 0.350 e. The molecule has 0 radical (unpaired) electrons. The van der Waals surface area contributed by atoms with Crippen LogP contribution in [0.3, 0.4) is 0 Å². The highest BCUT2D eigenvalue weighted by Gasteiger charge is 2.36. The summed E-state index contributed by atoms with van der Waals surface area (Å²) in [6.45, 7) is 15.3. The number of hydrogen-bond donors (Lipinski definition) is 0. The second kappa shape index (κ2) is 12.5. The van der Waals surface area contributed by atoms with E-state index in [0.717, 1.165) is 64.3 Å². The number of fused-ring (bicyclic) bond motifs is 1. The largest absolute Gasteiger partial charge is 0.379 e. The number of aromatic nitrogens is 3. The van der Waals surface area contributed by atoms with Crippen molar-refractivity contribution < 1.29 is 4.74 Å². The minimum atomic E-state index is -0.273. The molecule has 3 aromatic rings. The summed E-state index contributed by atoms with van der Waals surface area (Å²) < 4.78 is 7.12. The molecular weight excluding hydrogens is 502 g/mol. The monoisotopic (exact) mass is 543 g/mol. The maximum atomic E-state index is 13.0. The van der Waals surface area contributed by atoms with Gasteiger partial charge in [-0.25, -0.2) is 9.78 Å². The van der Waals surface area contributed by atoms with Gasteiger partial charge in [0.05, 0.1) is 18.7 Å². The Morgan fingerprint density at radius 2 is 1.80 bits per heavy atom. The number of pyridine rings is 1. The Hall–Kier alpha value is -3.32. The maximum Gasteiger partial charge on any atom is 0.350 e. The third-order valence-electron chi connectivity index (χ3n) is 8.53. The summed E-state index contributed by atoms with van der Waals surface area (Å²) in [6.07, 6.45) is 1.93. The molecule has 212 valence electrons. The van der Waals surface area contributed by atoms with E-state index in [-0.39, 0.29) is 17.8 Å². The Kier molecular flexibility index (Phi) is 8.79. The van der Waals surface area contributed by atoms with Crippen LogP contribution in [0, 0.1) is 11.3 Å². The van der Waals surface area contributed by atoms with Crippen molar-refractivity contribution in [2.45, 2.75) is 71.8 Å². The van der Waals surface area contributed by atoms with Crippen LogP contribution in [0.15, 0.2) is 41.2 Å². The van der Waals surface area contributed by atoms with Gasteiger partial charge in [0.2, 0.25) is 0 Å². The van der Waals surface area contributed by atoms with Crippen LogP contribution in [0.25, 0.3) is 11.0 Å². The van der Waals surface area contributed by atoms with Gasteiger partial charge < -0.3 is 9.64 Å². The molecule has 2 saturated heterocycles. The molecule has 2 fully saturated rings. The molecule has 40 heavy (non-hydrogen) atoms. The van der Waals surface area contributed by atoms with E-state index in [4.69, 9.17) is 4.74 Å². The van der Waals surface area contributed by atoms with Crippen molar-refractivity contribution in [3.8, 4) is 6.07 Å². The van der Waals surface area contributed by atoms with Crippen molar-refractivity contribution >= 4 is 16.9 Å². The van der Waals surface area contributed by atoms with Crippen molar-refractivity contribution in [1.82, 2.24) is 24.3 Å². The molecule has 0 saturated carbocycles. The summed E-state index contributed by atoms with van der Waals surface area (Å²) in [5.74, 6) is 0.598. The van der Waals surface area contributed by atoms with Gasteiger partial charge in [-0.05, 0) is 49.9 Å². The van der Waals surface area contributed by atoms with Gasteiger partial charge in [0.1, 0.15) is 17.3 Å². The normalized spacial score (nSPS) is 21.4. The van der Waals surface area contributed by atoms with Crippen LogP contribution in [-0.2, 0) is 17.8 Å². The molecule has 0 amide bonds. The van der Waals surface area contributed by atoms with Gasteiger partial charge in [-0.2, -0.15) is 10.2 Å². The lowest BCUT2D eigenvalue weighted by atomic mass is 9.95. The van der Waals surface area contributed by atoms with Crippen molar-refractivity contribution in [1.29, 1.82) is 5.26 Å². The van der Waals surface area contributed by atoms with Crippen LogP contribution in [0.2, 0.25) is 0 Å². The van der Waals surface area contributed by atoms with Gasteiger partial charge in [-0.1, -0.05) is 38.1 Å². The zero-order valence-corrected chi connectivity index (χ0v) is 24.2. The van der Waals surface area contributed by atoms with E-state index >= 15 is 0 Å². The van der Waals surface area contributed by atoms with Gasteiger partial charge in [0.15, 0.2) is 5.82 Å².